The van der Waals surface area contributed by atoms with Gasteiger partial charge < -0.3 is 10.4 Å². The lowest BCUT2D eigenvalue weighted by Crippen LogP contribution is -2.42. The van der Waals surface area contributed by atoms with Gasteiger partial charge in [-0.05, 0) is 27.8 Å². The quantitative estimate of drug-likeness (QED) is 0.777. The summed E-state index contributed by atoms with van der Waals surface area (Å²) in [6, 6.07) is 0. The summed E-state index contributed by atoms with van der Waals surface area (Å²) in [5.74, 6) is 0. The monoisotopic (exact) mass is 200 g/mol. The number of hydrogen-bond donors (Lipinski definition) is 2. The van der Waals surface area contributed by atoms with E-state index in [4.69, 9.17) is 0 Å². The highest BCUT2D eigenvalue weighted by Crippen LogP contribution is 2.25. The number of aliphatic hydroxyl groups excluding tert-OH is 1. The van der Waals surface area contributed by atoms with Gasteiger partial charge in [0, 0.05) is 10.9 Å². The molecule has 3 nitrogen and oxygen atoms in total. The third-order valence-corrected chi connectivity index (χ3v) is 3.04. The lowest BCUT2D eigenvalue weighted by atomic mass is 9.96. The fourth-order valence-electron chi connectivity index (χ4n) is 1.01. The molecule has 1 aromatic rings. The molecule has 1 rings (SSSR count). The molecule has 13 heavy (non-hydrogen) atoms. The van der Waals surface area contributed by atoms with E-state index < -0.39 is 6.10 Å². The van der Waals surface area contributed by atoms with Crippen LogP contribution in [0.3, 0.4) is 0 Å². The van der Waals surface area contributed by atoms with E-state index in [1.807, 2.05) is 33.2 Å². The summed E-state index contributed by atoms with van der Waals surface area (Å²) in [5.41, 5.74) is 0.419. The Morgan fingerprint density at radius 2 is 2.23 bits per heavy atom. The van der Waals surface area contributed by atoms with Crippen LogP contribution < -0.4 is 5.32 Å². The number of nitrogens with zero attached hydrogens (tertiary/aromatic N) is 1. The molecular weight excluding hydrogens is 184 g/mol. The van der Waals surface area contributed by atoms with Crippen LogP contribution in [0.1, 0.15) is 30.7 Å². The first-order chi connectivity index (χ1) is 5.97. The second kappa shape index (κ2) is 3.74. The van der Waals surface area contributed by atoms with E-state index in [0.717, 1.165) is 10.7 Å². The summed E-state index contributed by atoms with van der Waals surface area (Å²) in [4.78, 5) is 4.25. The number of aromatic nitrogens is 1. The maximum absolute atomic E-state index is 9.94. The van der Waals surface area contributed by atoms with Gasteiger partial charge in [0.15, 0.2) is 0 Å². The zero-order chi connectivity index (χ0) is 10.1. The molecule has 2 N–H and O–H groups in total. The van der Waals surface area contributed by atoms with Gasteiger partial charge in [-0.3, -0.25) is 0 Å². The molecule has 0 bridgehead atoms. The number of hydrogen-bond acceptors (Lipinski definition) is 4. The SMILES string of the molecule is CNC(C)(C)C(O)c1csc(C)n1. The number of aliphatic hydroxyl groups is 1. The Balaban J connectivity index is 2.84. The van der Waals surface area contributed by atoms with Crippen LogP contribution >= 0.6 is 11.3 Å². The second-order valence-corrected chi connectivity index (χ2v) is 4.73. The van der Waals surface area contributed by atoms with Crippen LogP contribution in [-0.4, -0.2) is 22.7 Å². The number of thiazole rings is 1. The second-order valence-electron chi connectivity index (χ2n) is 3.67. The van der Waals surface area contributed by atoms with Crippen LogP contribution in [-0.2, 0) is 0 Å². The summed E-state index contributed by atoms with van der Waals surface area (Å²) in [6.07, 6.45) is -0.553. The molecule has 0 saturated carbocycles. The van der Waals surface area contributed by atoms with E-state index in [2.05, 4.69) is 10.3 Å². The molecule has 1 unspecified atom stereocenters. The average molecular weight is 200 g/mol. The molecule has 4 heteroatoms. The Kier molecular flexibility index (Phi) is 3.05. The maximum Gasteiger partial charge on any atom is 0.114 e. The average Bonchev–Trinajstić information content (AvgIpc) is 2.50. The fourth-order valence-corrected chi connectivity index (χ4v) is 1.64. The van der Waals surface area contributed by atoms with Crippen LogP contribution in [0.5, 0.6) is 0 Å². The van der Waals surface area contributed by atoms with E-state index >= 15 is 0 Å². The van der Waals surface area contributed by atoms with Crippen LogP contribution in [0.25, 0.3) is 0 Å². The zero-order valence-electron chi connectivity index (χ0n) is 8.46. The molecule has 1 aromatic heterocycles. The third-order valence-electron chi connectivity index (χ3n) is 2.24. The van der Waals surface area contributed by atoms with Gasteiger partial charge in [0.05, 0.1) is 10.7 Å². The topological polar surface area (TPSA) is 45.1 Å². The minimum atomic E-state index is -0.553. The Labute approximate surface area is 82.8 Å². The summed E-state index contributed by atoms with van der Waals surface area (Å²) in [6.45, 7) is 5.84. The van der Waals surface area contributed by atoms with Crippen molar-refractivity contribution in [3.8, 4) is 0 Å². The maximum atomic E-state index is 9.94. The van der Waals surface area contributed by atoms with Crippen LogP contribution in [0.15, 0.2) is 5.38 Å². The smallest absolute Gasteiger partial charge is 0.114 e. The van der Waals surface area contributed by atoms with Crippen molar-refractivity contribution in [2.75, 3.05) is 7.05 Å². The van der Waals surface area contributed by atoms with Crippen LogP contribution in [0, 0.1) is 6.92 Å². The first-order valence-electron chi connectivity index (χ1n) is 4.26. The van der Waals surface area contributed by atoms with Crippen molar-refractivity contribution in [1.29, 1.82) is 0 Å². The minimum absolute atomic E-state index is 0.333. The standard InChI is InChI=1S/C9H16N2OS/c1-6-11-7(5-13-6)8(12)9(2,3)10-4/h5,8,10,12H,1-4H3. The highest BCUT2D eigenvalue weighted by Gasteiger charge is 2.28. The first kappa shape index (κ1) is 10.6. The predicted molar refractivity (Wildman–Crippen MR) is 54.9 cm³/mol. The van der Waals surface area contributed by atoms with Gasteiger partial charge in [-0.1, -0.05) is 0 Å². The molecular formula is C9H16N2OS. The van der Waals surface area contributed by atoms with E-state index in [9.17, 15) is 5.11 Å². The summed E-state index contributed by atoms with van der Waals surface area (Å²) in [7, 11) is 1.84. The molecule has 0 saturated heterocycles. The summed E-state index contributed by atoms with van der Waals surface area (Å²) in [5, 5.41) is 15.9. The van der Waals surface area contributed by atoms with Gasteiger partial charge in [-0.2, -0.15) is 0 Å². The molecule has 0 radical (unpaired) electrons. The zero-order valence-corrected chi connectivity index (χ0v) is 9.27. The first-order valence-corrected chi connectivity index (χ1v) is 5.14. The van der Waals surface area contributed by atoms with Gasteiger partial charge in [0.2, 0.25) is 0 Å². The molecule has 1 atom stereocenters. The summed E-state index contributed by atoms with van der Waals surface area (Å²) >= 11 is 1.56. The number of likely N-dealkylation sites (N-methyl/N-ethyl adjacent to an activating group) is 1. The Morgan fingerprint density at radius 3 is 2.62 bits per heavy atom. The third kappa shape index (κ3) is 2.27. The van der Waals surface area contributed by atoms with Gasteiger partial charge >= 0.3 is 0 Å². The van der Waals surface area contributed by atoms with Crippen molar-refractivity contribution < 1.29 is 5.11 Å². The van der Waals surface area contributed by atoms with Crippen LogP contribution in [0.2, 0.25) is 0 Å². The van der Waals surface area contributed by atoms with E-state index in [0.29, 0.717) is 0 Å². The van der Waals surface area contributed by atoms with Crippen molar-refractivity contribution >= 4 is 11.3 Å². The van der Waals surface area contributed by atoms with E-state index in [1.165, 1.54) is 0 Å². The number of nitrogens with one attached hydrogen (secondary N) is 1. The lowest BCUT2D eigenvalue weighted by molar-refractivity contribution is 0.0821. The highest BCUT2D eigenvalue weighted by molar-refractivity contribution is 7.09. The van der Waals surface area contributed by atoms with Gasteiger partial charge in [-0.25, -0.2) is 4.98 Å². The molecule has 0 aromatic carbocycles. The Bertz CT molecular complexity index is 283. The van der Waals surface area contributed by atoms with E-state index in [-0.39, 0.29) is 5.54 Å². The number of aryl methyl sites for hydroxylation is 1. The molecule has 0 aliphatic rings. The summed E-state index contributed by atoms with van der Waals surface area (Å²) < 4.78 is 0. The normalized spacial score (nSPS) is 14.5. The largest absolute Gasteiger partial charge is 0.385 e. The Hall–Kier alpha value is -0.450. The highest BCUT2D eigenvalue weighted by atomic mass is 32.1. The van der Waals surface area contributed by atoms with Crippen molar-refractivity contribution in [3.05, 3.63) is 16.1 Å². The van der Waals surface area contributed by atoms with Crippen molar-refractivity contribution in [2.45, 2.75) is 32.4 Å². The molecule has 0 aliphatic heterocycles. The van der Waals surface area contributed by atoms with Crippen molar-refractivity contribution in [1.82, 2.24) is 10.3 Å². The van der Waals surface area contributed by atoms with Gasteiger partial charge in [0.1, 0.15) is 6.10 Å². The predicted octanol–water partition coefficient (Wildman–Crippen LogP) is 1.48. The minimum Gasteiger partial charge on any atom is -0.385 e. The number of rotatable bonds is 3. The molecule has 0 aliphatic carbocycles. The van der Waals surface area contributed by atoms with Gasteiger partial charge in [-0.15, -0.1) is 11.3 Å². The Morgan fingerprint density at radius 1 is 1.62 bits per heavy atom. The lowest BCUT2D eigenvalue weighted by Gasteiger charge is -2.28. The molecule has 0 fully saturated rings. The van der Waals surface area contributed by atoms with Crippen molar-refractivity contribution in [3.63, 3.8) is 0 Å². The van der Waals surface area contributed by atoms with Gasteiger partial charge in [0.25, 0.3) is 0 Å². The molecule has 0 spiro atoms. The van der Waals surface area contributed by atoms with Crippen LogP contribution in [0.4, 0.5) is 0 Å². The molecule has 1 heterocycles. The van der Waals surface area contributed by atoms with Crippen molar-refractivity contribution in [2.24, 2.45) is 0 Å². The van der Waals surface area contributed by atoms with E-state index in [1.54, 1.807) is 11.3 Å². The molecule has 0 amide bonds. The fraction of sp³-hybridized carbons (Fsp3) is 0.667. The molecule has 74 valence electrons.